The number of rotatable bonds is 11. The maximum Gasteiger partial charge on any atom is 0.200 e. The molecule has 0 bridgehead atoms. The van der Waals surface area contributed by atoms with E-state index in [2.05, 4.69) is 18.0 Å². The number of aliphatic hydroxyl groups excluding tert-OH is 1. The van der Waals surface area contributed by atoms with Crippen molar-refractivity contribution in [2.24, 2.45) is 0 Å². The van der Waals surface area contributed by atoms with E-state index in [4.69, 9.17) is 9.47 Å². The molecule has 1 aliphatic heterocycles. The number of phenols is 3. The number of methoxy groups -OCH3 is 1. The van der Waals surface area contributed by atoms with Crippen molar-refractivity contribution < 1.29 is 29.9 Å². The van der Waals surface area contributed by atoms with Crippen LogP contribution in [0.4, 0.5) is 0 Å². The van der Waals surface area contributed by atoms with Crippen LogP contribution in [0, 0.1) is 0 Å². The van der Waals surface area contributed by atoms with Gasteiger partial charge in [0.1, 0.15) is 5.75 Å². The topological polar surface area (TPSA) is 115 Å². The third kappa shape index (κ3) is 6.59. The van der Waals surface area contributed by atoms with E-state index in [0.717, 1.165) is 60.8 Å². The number of aryl methyl sites for hydroxylation is 2. The summed E-state index contributed by atoms with van der Waals surface area (Å²) in [5.74, 6) is -0.00672. The Labute approximate surface area is 218 Å². The smallest absolute Gasteiger partial charge is 0.200 e. The van der Waals surface area contributed by atoms with Gasteiger partial charge >= 0.3 is 0 Å². The lowest BCUT2D eigenvalue weighted by atomic mass is 9.89. The number of nitrogens with one attached hydrogen (secondary N) is 1. The Hall–Kier alpha value is -3.16. The van der Waals surface area contributed by atoms with Gasteiger partial charge < -0.3 is 34.9 Å². The van der Waals surface area contributed by atoms with E-state index in [1.54, 1.807) is 6.07 Å². The first kappa shape index (κ1) is 26.9. The van der Waals surface area contributed by atoms with E-state index in [9.17, 15) is 20.4 Å². The maximum atomic E-state index is 10.7. The molecule has 7 nitrogen and oxygen atoms in total. The summed E-state index contributed by atoms with van der Waals surface area (Å²) in [4.78, 5) is 3.04. The van der Waals surface area contributed by atoms with Crippen LogP contribution in [-0.4, -0.2) is 44.7 Å². The Bertz CT molecular complexity index is 1160. The highest BCUT2D eigenvalue weighted by Crippen LogP contribution is 2.46. The van der Waals surface area contributed by atoms with E-state index in [1.807, 2.05) is 24.5 Å². The molecule has 3 atom stereocenters. The summed E-state index contributed by atoms with van der Waals surface area (Å²) in [6, 6.07) is 9.28. The number of aromatic nitrogens is 1. The van der Waals surface area contributed by atoms with Crippen LogP contribution in [0.15, 0.2) is 42.7 Å². The zero-order valence-electron chi connectivity index (χ0n) is 21.7. The van der Waals surface area contributed by atoms with Gasteiger partial charge in [-0.05, 0) is 72.6 Å². The lowest BCUT2D eigenvalue weighted by Crippen LogP contribution is -2.32. The number of H-pyrrole nitrogens is 1. The Morgan fingerprint density at radius 2 is 1.84 bits per heavy atom. The Balaban J connectivity index is 1.52. The fourth-order valence-corrected chi connectivity index (χ4v) is 5.32. The van der Waals surface area contributed by atoms with E-state index >= 15 is 0 Å². The van der Waals surface area contributed by atoms with Crippen LogP contribution < -0.4 is 4.74 Å². The summed E-state index contributed by atoms with van der Waals surface area (Å²) < 4.78 is 12.0. The van der Waals surface area contributed by atoms with Crippen molar-refractivity contribution in [2.75, 3.05) is 7.11 Å². The van der Waals surface area contributed by atoms with E-state index in [0.29, 0.717) is 30.6 Å². The minimum Gasteiger partial charge on any atom is -0.508 e. The fraction of sp³-hybridized carbons (Fsp3) is 0.467. The van der Waals surface area contributed by atoms with Gasteiger partial charge in [-0.25, -0.2) is 0 Å². The molecule has 1 fully saturated rings. The van der Waals surface area contributed by atoms with Gasteiger partial charge in [-0.1, -0.05) is 31.9 Å². The highest BCUT2D eigenvalue weighted by Gasteiger charge is 2.33. The van der Waals surface area contributed by atoms with Gasteiger partial charge in [0.15, 0.2) is 11.5 Å². The molecular weight excluding hydrogens is 470 g/mol. The lowest BCUT2D eigenvalue weighted by Gasteiger charge is -2.35. The molecule has 0 aliphatic carbocycles. The van der Waals surface area contributed by atoms with Crippen LogP contribution in [-0.2, 0) is 24.0 Å². The summed E-state index contributed by atoms with van der Waals surface area (Å²) in [7, 11) is 1.46. The zero-order chi connectivity index (χ0) is 26.4. The second kappa shape index (κ2) is 12.4. The van der Waals surface area contributed by atoms with E-state index in [1.165, 1.54) is 13.2 Å². The van der Waals surface area contributed by atoms with Gasteiger partial charge in [-0.2, -0.15) is 0 Å². The highest BCUT2D eigenvalue weighted by molar-refractivity contribution is 5.59. The first-order valence-electron chi connectivity index (χ1n) is 13.3. The maximum absolute atomic E-state index is 10.7. The third-order valence-electron chi connectivity index (χ3n) is 7.29. The summed E-state index contributed by atoms with van der Waals surface area (Å²) in [6.07, 6.45) is 9.64. The Morgan fingerprint density at radius 1 is 1.00 bits per heavy atom. The average Bonchev–Trinajstić information content (AvgIpc) is 3.39. The molecule has 2 heterocycles. The molecule has 7 heteroatoms. The lowest BCUT2D eigenvalue weighted by molar-refractivity contribution is -0.100. The van der Waals surface area contributed by atoms with Crippen LogP contribution in [0.2, 0.25) is 0 Å². The fourth-order valence-electron chi connectivity index (χ4n) is 5.32. The molecule has 0 amide bonds. The number of hydrogen-bond donors (Lipinski definition) is 5. The SMILES string of the molecule is CCCCCc1cc(CCC2CC(O)CC(c3cc(O)c(O)c(OC)c3Cc3cc[nH]c3)O2)ccc1O. The van der Waals surface area contributed by atoms with Gasteiger partial charge in [0.2, 0.25) is 5.75 Å². The molecule has 3 unspecified atom stereocenters. The largest absolute Gasteiger partial charge is 0.508 e. The number of hydrogen-bond acceptors (Lipinski definition) is 6. The Morgan fingerprint density at radius 3 is 2.57 bits per heavy atom. The average molecular weight is 510 g/mol. The van der Waals surface area contributed by atoms with Gasteiger partial charge in [-0.3, -0.25) is 0 Å². The summed E-state index contributed by atoms with van der Waals surface area (Å²) in [5, 5.41) is 41.9. The minimum absolute atomic E-state index is 0.173. The molecule has 4 rings (SSSR count). The summed E-state index contributed by atoms with van der Waals surface area (Å²) in [5.41, 5.74) is 4.56. The minimum atomic E-state index is -0.546. The number of benzene rings is 2. The first-order valence-corrected chi connectivity index (χ1v) is 13.3. The van der Waals surface area contributed by atoms with Crippen molar-refractivity contribution in [3.63, 3.8) is 0 Å². The van der Waals surface area contributed by atoms with E-state index in [-0.39, 0.29) is 23.4 Å². The molecule has 200 valence electrons. The van der Waals surface area contributed by atoms with Crippen LogP contribution in [0.1, 0.15) is 79.4 Å². The second-order valence-electron chi connectivity index (χ2n) is 10.1. The van der Waals surface area contributed by atoms with Crippen molar-refractivity contribution in [1.29, 1.82) is 0 Å². The Kier molecular flexibility index (Phi) is 9.00. The van der Waals surface area contributed by atoms with Crippen LogP contribution in [0.3, 0.4) is 0 Å². The second-order valence-corrected chi connectivity index (χ2v) is 10.1. The number of ether oxygens (including phenoxy) is 2. The molecule has 0 radical (unpaired) electrons. The normalized spacial score (nSPS) is 19.7. The number of aromatic hydroxyl groups is 3. The van der Waals surface area contributed by atoms with Crippen LogP contribution >= 0.6 is 0 Å². The molecule has 1 saturated heterocycles. The highest BCUT2D eigenvalue weighted by atomic mass is 16.5. The van der Waals surface area contributed by atoms with Crippen molar-refractivity contribution in [3.05, 3.63) is 70.5 Å². The van der Waals surface area contributed by atoms with Gasteiger partial charge in [0, 0.05) is 30.8 Å². The molecule has 3 aromatic rings. The predicted molar refractivity (Wildman–Crippen MR) is 142 cm³/mol. The predicted octanol–water partition coefficient (Wildman–Crippen LogP) is 5.68. The molecule has 1 aromatic heterocycles. The van der Waals surface area contributed by atoms with Crippen LogP contribution in [0.5, 0.6) is 23.0 Å². The van der Waals surface area contributed by atoms with Gasteiger partial charge in [0.25, 0.3) is 0 Å². The van der Waals surface area contributed by atoms with Crippen molar-refractivity contribution in [3.8, 4) is 23.0 Å². The third-order valence-corrected chi connectivity index (χ3v) is 7.29. The molecule has 1 aliphatic rings. The van der Waals surface area contributed by atoms with Gasteiger partial charge in [0.05, 0.1) is 25.4 Å². The monoisotopic (exact) mass is 509 g/mol. The van der Waals surface area contributed by atoms with Crippen molar-refractivity contribution in [1.82, 2.24) is 4.98 Å². The number of aromatic amines is 1. The molecule has 5 N–H and O–H groups in total. The van der Waals surface area contributed by atoms with Crippen molar-refractivity contribution >= 4 is 0 Å². The molecule has 37 heavy (non-hydrogen) atoms. The standard InChI is InChI=1S/C30H39NO6/c1-3-4-5-6-21-13-19(8-10-26(21)33)7-9-23-15-22(32)16-28(37-23)24-17-27(34)29(35)30(36-2)25(24)14-20-11-12-31-18-20/h8,10-13,17-18,22-23,28,31-35H,3-7,9,14-16H2,1-2H3. The summed E-state index contributed by atoms with van der Waals surface area (Å²) >= 11 is 0. The molecule has 2 aromatic carbocycles. The molecule has 0 saturated carbocycles. The first-order chi connectivity index (χ1) is 17.9. The number of unbranched alkanes of at least 4 members (excludes halogenated alkanes) is 2. The van der Waals surface area contributed by atoms with Crippen LogP contribution in [0.25, 0.3) is 0 Å². The molecule has 0 spiro atoms. The summed E-state index contributed by atoms with van der Waals surface area (Å²) in [6.45, 7) is 2.17. The van der Waals surface area contributed by atoms with Crippen molar-refractivity contribution in [2.45, 2.75) is 83.0 Å². The van der Waals surface area contributed by atoms with Gasteiger partial charge in [-0.15, -0.1) is 0 Å². The van der Waals surface area contributed by atoms with E-state index < -0.39 is 12.2 Å². The number of phenolic OH excluding ortho intramolecular Hbond substituents is 3. The zero-order valence-corrected chi connectivity index (χ0v) is 21.7. The quantitative estimate of drug-likeness (QED) is 0.168. The molecular formula is C30H39NO6. The number of aliphatic hydroxyl groups is 1.